The molecule has 0 spiro atoms. The zero-order valence-corrected chi connectivity index (χ0v) is 13.8. The lowest BCUT2D eigenvalue weighted by Crippen LogP contribution is -3.00. The van der Waals surface area contributed by atoms with E-state index < -0.39 is 0 Å². The van der Waals surface area contributed by atoms with E-state index in [0.717, 1.165) is 12.8 Å². The molecule has 0 N–H and O–H groups in total. The van der Waals surface area contributed by atoms with Gasteiger partial charge < -0.3 is 24.0 Å². The first-order chi connectivity index (χ1) is 8.84. The standard InChI is InChI=1S/C16H16NS.HI/c1-17-14-9-5-6-10-15(14)18-16(17)12-11-13-7-3-2-4-8-13;/h2-10H,11-12H2,1H3;1H/q+1;/p-1. The minimum atomic E-state index is 0. The molecule has 3 heteroatoms. The van der Waals surface area contributed by atoms with Crippen molar-refractivity contribution in [1.82, 2.24) is 0 Å². The average molecular weight is 381 g/mol. The van der Waals surface area contributed by atoms with Gasteiger partial charge in [-0.05, 0) is 18.1 Å². The molecule has 0 radical (unpaired) electrons. The van der Waals surface area contributed by atoms with Gasteiger partial charge in [0.25, 0.3) is 0 Å². The minimum Gasteiger partial charge on any atom is -1.00 e. The Kier molecular flexibility index (Phi) is 4.93. The van der Waals surface area contributed by atoms with Crippen LogP contribution < -0.4 is 28.5 Å². The fraction of sp³-hybridized carbons (Fsp3) is 0.188. The molecule has 0 saturated carbocycles. The van der Waals surface area contributed by atoms with E-state index in [1.54, 1.807) is 0 Å². The maximum absolute atomic E-state index is 2.32. The lowest BCUT2D eigenvalue weighted by Gasteiger charge is -1.97. The molecule has 1 aromatic heterocycles. The molecule has 0 aliphatic heterocycles. The maximum atomic E-state index is 2.32. The van der Waals surface area contributed by atoms with Gasteiger partial charge >= 0.3 is 0 Å². The Hall–Kier alpha value is -0.940. The van der Waals surface area contributed by atoms with Crippen LogP contribution in [-0.4, -0.2) is 0 Å². The number of hydrogen-bond acceptors (Lipinski definition) is 1. The monoisotopic (exact) mass is 381 g/mol. The molecule has 0 unspecified atom stereocenters. The van der Waals surface area contributed by atoms with Crippen molar-refractivity contribution in [3.8, 4) is 0 Å². The van der Waals surface area contributed by atoms with Crippen molar-refractivity contribution in [3.05, 3.63) is 65.2 Å². The number of fused-ring (bicyclic) bond motifs is 1. The second kappa shape index (κ2) is 6.48. The van der Waals surface area contributed by atoms with Gasteiger partial charge in [-0.1, -0.05) is 53.8 Å². The summed E-state index contributed by atoms with van der Waals surface area (Å²) >= 11 is 1.91. The van der Waals surface area contributed by atoms with Gasteiger partial charge in [0, 0.05) is 12.5 Å². The smallest absolute Gasteiger partial charge is 0.238 e. The first-order valence-electron chi connectivity index (χ1n) is 6.25. The summed E-state index contributed by atoms with van der Waals surface area (Å²) in [6.07, 6.45) is 2.22. The molecule has 3 aromatic rings. The van der Waals surface area contributed by atoms with Gasteiger partial charge in [-0.3, -0.25) is 0 Å². The second-order valence-electron chi connectivity index (χ2n) is 4.51. The van der Waals surface area contributed by atoms with Crippen LogP contribution in [0.15, 0.2) is 54.6 Å². The van der Waals surface area contributed by atoms with Crippen molar-refractivity contribution in [2.75, 3.05) is 0 Å². The van der Waals surface area contributed by atoms with Crippen molar-refractivity contribution < 1.29 is 28.5 Å². The van der Waals surface area contributed by atoms with Gasteiger partial charge in [0.1, 0.15) is 11.7 Å². The summed E-state index contributed by atoms with van der Waals surface area (Å²) in [5.74, 6) is 0. The van der Waals surface area contributed by atoms with E-state index in [4.69, 9.17) is 0 Å². The van der Waals surface area contributed by atoms with Gasteiger partial charge in [0.15, 0.2) is 0 Å². The first-order valence-corrected chi connectivity index (χ1v) is 7.06. The van der Waals surface area contributed by atoms with Crippen LogP contribution in [-0.2, 0) is 19.9 Å². The highest BCUT2D eigenvalue weighted by Gasteiger charge is 2.15. The summed E-state index contributed by atoms with van der Waals surface area (Å²) in [6, 6.07) is 19.3. The lowest BCUT2D eigenvalue weighted by atomic mass is 10.1. The predicted molar refractivity (Wildman–Crippen MR) is 76.9 cm³/mol. The summed E-state index contributed by atoms with van der Waals surface area (Å²) in [5, 5.41) is 1.44. The van der Waals surface area contributed by atoms with Crippen LogP contribution in [0.3, 0.4) is 0 Å². The van der Waals surface area contributed by atoms with Crippen LogP contribution in [0.1, 0.15) is 10.6 Å². The number of para-hydroxylation sites is 1. The summed E-state index contributed by atoms with van der Waals surface area (Å²) in [7, 11) is 2.17. The molecule has 0 fully saturated rings. The molecule has 3 rings (SSSR count). The molecule has 98 valence electrons. The van der Waals surface area contributed by atoms with Crippen LogP contribution in [0, 0.1) is 0 Å². The molecule has 2 aromatic carbocycles. The number of halogens is 1. The Morgan fingerprint density at radius 3 is 2.32 bits per heavy atom. The zero-order valence-electron chi connectivity index (χ0n) is 10.8. The highest BCUT2D eigenvalue weighted by molar-refractivity contribution is 7.18. The summed E-state index contributed by atoms with van der Waals surface area (Å²) < 4.78 is 3.70. The number of nitrogens with zero attached hydrogens (tertiary/aromatic N) is 1. The Morgan fingerprint density at radius 2 is 1.58 bits per heavy atom. The van der Waals surface area contributed by atoms with Crippen molar-refractivity contribution in [2.45, 2.75) is 12.8 Å². The summed E-state index contributed by atoms with van der Waals surface area (Å²) in [6.45, 7) is 0. The largest absolute Gasteiger partial charge is 1.00 e. The topological polar surface area (TPSA) is 3.88 Å². The highest BCUT2D eigenvalue weighted by atomic mass is 127. The van der Waals surface area contributed by atoms with Crippen molar-refractivity contribution in [1.29, 1.82) is 0 Å². The molecule has 1 nitrogen and oxygen atoms in total. The van der Waals surface area contributed by atoms with Crippen LogP contribution >= 0.6 is 11.3 Å². The van der Waals surface area contributed by atoms with Crippen LogP contribution in [0.4, 0.5) is 0 Å². The fourth-order valence-electron chi connectivity index (χ4n) is 2.26. The van der Waals surface area contributed by atoms with E-state index in [-0.39, 0.29) is 24.0 Å². The Labute approximate surface area is 134 Å². The number of aryl methyl sites for hydroxylation is 3. The Balaban J connectivity index is 0.00000133. The van der Waals surface area contributed by atoms with Gasteiger partial charge in [-0.15, -0.1) is 0 Å². The average Bonchev–Trinajstić information content (AvgIpc) is 2.75. The quantitative estimate of drug-likeness (QED) is 0.460. The number of thiazole rings is 1. The summed E-state index contributed by atoms with van der Waals surface area (Å²) in [5.41, 5.74) is 2.75. The third kappa shape index (κ3) is 3.15. The molecule has 0 atom stereocenters. The number of hydrogen-bond donors (Lipinski definition) is 0. The van der Waals surface area contributed by atoms with E-state index >= 15 is 0 Å². The Bertz CT molecular complexity index is 661. The maximum Gasteiger partial charge on any atom is 0.238 e. The van der Waals surface area contributed by atoms with Crippen molar-refractivity contribution in [3.63, 3.8) is 0 Å². The van der Waals surface area contributed by atoms with Crippen LogP contribution in [0.2, 0.25) is 0 Å². The minimum absolute atomic E-state index is 0. The van der Waals surface area contributed by atoms with E-state index in [9.17, 15) is 0 Å². The molecular formula is C16H16INS. The van der Waals surface area contributed by atoms with Crippen LogP contribution in [0.5, 0.6) is 0 Å². The molecule has 0 saturated heterocycles. The first kappa shape index (κ1) is 14.5. The molecule has 1 heterocycles. The molecule has 0 bridgehead atoms. The molecule has 0 aliphatic rings. The van der Waals surface area contributed by atoms with E-state index in [1.165, 1.54) is 20.8 Å². The van der Waals surface area contributed by atoms with Gasteiger partial charge in [0.05, 0.1) is 0 Å². The third-order valence-electron chi connectivity index (χ3n) is 3.30. The normalized spacial score (nSPS) is 10.4. The number of benzene rings is 2. The van der Waals surface area contributed by atoms with E-state index in [2.05, 4.69) is 66.2 Å². The van der Waals surface area contributed by atoms with Gasteiger partial charge in [-0.25, -0.2) is 0 Å². The zero-order chi connectivity index (χ0) is 12.4. The van der Waals surface area contributed by atoms with Crippen LogP contribution in [0.25, 0.3) is 10.2 Å². The molecule has 19 heavy (non-hydrogen) atoms. The van der Waals surface area contributed by atoms with Crippen molar-refractivity contribution in [2.24, 2.45) is 7.05 Å². The van der Waals surface area contributed by atoms with E-state index in [0.29, 0.717) is 0 Å². The summed E-state index contributed by atoms with van der Waals surface area (Å²) in [4.78, 5) is 0. The predicted octanol–water partition coefficient (Wildman–Crippen LogP) is 0.515. The van der Waals surface area contributed by atoms with E-state index in [1.807, 2.05) is 11.3 Å². The van der Waals surface area contributed by atoms with Gasteiger partial charge in [-0.2, -0.15) is 4.57 Å². The SMILES string of the molecule is C[n+]1c(CCc2ccccc2)sc2ccccc21.[I-]. The lowest BCUT2D eigenvalue weighted by molar-refractivity contribution is -0.648. The molecular weight excluding hydrogens is 365 g/mol. The fourth-order valence-corrected chi connectivity index (χ4v) is 3.41. The second-order valence-corrected chi connectivity index (χ2v) is 5.62. The molecule has 0 aliphatic carbocycles. The third-order valence-corrected chi connectivity index (χ3v) is 4.58. The number of rotatable bonds is 3. The van der Waals surface area contributed by atoms with Crippen molar-refractivity contribution >= 4 is 21.6 Å². The Morgan fingerprint density at radius 1 is 0.895 bits per heavy atom. The highest BCUT2D eigenvalue weighted by Crippen LogP contribution is 2.20. The molecule has 0 amide bonds. The number of aromatic nitrogens is 1. The van der Waals surface area contributed by atoms with Gasteiger partial charge in [0.2, 0.25) is 10.5 Å².